The van der Waals surface area contributed by atoms with Gasteiger partial charge in [0.05, 0.1) is 17.6 Å². The molecule has 5 nitrogen and oxygen atoms in total. The van der Waals surface area contributed by atoms with Gasteiger partial charge < -0.3 is 14.6 Å². The van der Waals surface area contributed by atoms with Crippen molar-refractivity contribution in [1.82, 2.24) is 14.9 Å². The molecule has 2 aromatic carbocycles. The molecule has 29 heavy (non-hydrogen) atoms. The Morgan fingerprint density at radius 1 is 1.03 bits per heavy atom. The summed E-state index contributed by atoms with van der Waals surface area (Å²) >= 11 is 0. The zero-order chi connectivity index (χ0) is 19.9. The second-order valence-corrected chi connectivity index (χ2v) is 7.71. The molecule has 0 radical (unpaired) electrons. The molecule has 0 unspecified atom stereocenters. The van der Waals surface area contributed by atoms with E-state index in [0.717, 1.165) is 75.3 Å². The summed E-state index contributed by atoms with van der Waals surface area (Å²) in [5.41, 5.74) is 2.23. The number of carbonyl (C=O) groups is 1. The van der Waals surface area contributed by atoms with Gasteiger partial charge in [0.2, 0.25) is 5.91 Å². The summed E-state index contributed by atoms with van der Waals surface area (Å²) in [6.07, 6.45) is 5.93. The summed E-state index contributed by atoms with van der Waals surface area (Å²) in [4.78, 5) is 16.6. The highest BCUT2D eigenvalue weighted by Gasteiger charge is 2.29. The first-order valence-corrected chi connectivity index (χ1v) is 10.7. The number of nitrogens with zero attached hydrogens (tertiary/aromatic N) is 2. The number of amides is 1. The summed E-state index contributed by atoms with van der Waals surface area (Å²) in [6, 6.07) is 18.3. The number of nitrogens with one attached hydrogen (secondary N) is 1. The summed E-state index contributed by atoms with van der Waals surface area (Å²) in [7, 11) is 0. The van der Waals surface area contributed by atoms with Gasteiger partial charge in [-0.15, -0.1) is 0 Å². The smallest absolute Gasteiger partial charge is 0.223 e. The molecule has 1 aromatic heterocycles. The second kappa shape index (κ2) is 9.59. The second-order valence-electron chi connectivity index (χ2n) is 7.71. The lowest BCUT2D eigenvalue weighted by atomic mass is 10.2. The molecule has 0 bridgehead atoms. The number of carbonyl (C=O) groups excluding carboxylic acids is 1. The monoisotopic (exact) mass is 391 g/mol. The fourth-order valence-corrected chi connectivity index (χ4v) is 3.59. The van der Waals surface area contributed by atoms with Crippen LogP contribution < -0.4 is 10.1 Å². The van der Waals surface area contributed by atoms with Crippen molar-refractivity contribution in [2.75, 3.05) is 13.2 Å². The zero-order valence-electron chi connectivity index (χ0n) is 16.8. The van der Waals surface area contributed by atoms with Gasteiger partial charge in [0, 0.05) is 25.4 Å². The fourth-order valence-electron chi connectivity index (χ4n) is 3.59. The predicted octanol–water partition coefficient (Wildman–Crippen LogP) is 4.35. The van der Waals surface area contributed by atoms with Gasteiger partial charge in [-0.05, 0) is 56.4 Å². The van der Waals surface area contributed by atoms with E-state index in [-0.39, 0.29) is 11.8 Å². The van der Waals surface area contributed by atoms with Crippen molar-refractivity contribution in [1.29, 1.82) is 0 Å². The Balaban J connectivity index is 1.29. The van der Waals surface area contributed by atoms with Gasteiger partial charge in [0.25, 0.3) is 0 Å². The Bertz CT molecular complexity index is 932. The maximum absolute atomic E-state index is 11.8. The normalized spacial score (nSPS) is 13.5. The molecule has 1 aliphatic rings. The van der Waals surface area contributed by atoms with Crippen LogP contribution in [0.1, 0.15) is 37.9 Å². The maximum atomic E-state index is 11.8. The summed E-state index contributed by atoms with van der Waals surface area (Å²) < 4.78 is 8.14. The van der Waals surface area contributed by atoms with Crippen LogP contribution in [0.3, 0.4) is 0 Å². The van der Waals surface area contributed by atoms with Crippen LogP contribution in [0.4, 0.5) is 0 Å². The van der Waals surface area contributed by atoms with Gasteiger partial charge in [-0.25, -0.2) is 4.98 Å². The highest BCUT2D eigenvalue weighted by Crippen LogP contribution is 2.28. The molecule has 0 aliphatic heterocycles. The molecule has 1 saturated carbocycles. The van der Waals surface area contributed by atoms with Crippen LogP contribution in [0.2, 0.25) is 0 Å². The molecule has 5 heteroatoms. The van der Waals surface area contributed by atoms with Gasteiger partial charge in [0.15, 0.2) is 0 Å². The number of benzene rings is 2. The summed E-state index contributed by atoms with van der Waals surface area (Å²) in [5.74, 6) is 2.53. The number of unbranched alkanes of at least 4 members (excludes halogenated alkanes) is 1. The van der Waals surface area contributed by atoms with E-state index in [2.05, 4.69) is 28.1 Å². The molecule has 0 spiro atoms. The van der Waals surface area contributed by atoms with E-state index < -0.39 is 0 Å². The quantitative estimate of drug-likeness (QED) is 0.494. The molecule has 1 fully saturated rings. The van der Waals surface area contributed by atoms with Crippen LogP contribution in [-0.4, -0.2) is 28.6 Å². The lowest BCUT2D eigenvalue weighted by Gasteiger charge is -2.10. The minimum absolute atomic E-state index is 0.219. The van der Waals surface area contributed by atoms with Crippen LogP contribution in [-0.2, 0) is 17.8 Å². The minimum atomic E-state index is 0.219. The molecule has 1 aliphatic carbocycles. The number of fused-ring (bicyclic) bond motifs is 1. The van der Waals surface area contributed by atoms with Crippen LogP contribution in [0.5, 0.6) is 5.75 Å². The lowest BCUT2D eigenvalue weighted by Crippen LogP contribution is -2.26. The third kappa shape index (κ3) is 5.37. The van der Waals surface area contributed by atoms with Gasteiger partial charge in [-0.3, -0.25) is 4.79 Å². The first-order chi connectivity index (χ1) is 14.3. The molecule has 1 heterocycles. The number of ether oxygens (including phenoxy) is 1. The first-order valence-electron chi connectivity index (χ1n) is 10.7. The van der Waals surface area contributed by atoms with Crippen molar-refractivity contribution in [3.63, 3.8) is 0 Å². The molecule has 1 amide bonds. The summed E-state index contributed by atoms with van der Waals surface area (Å²) in [6.45, 7) is 2.38. The molecule has 152 valence electrons. The van der Waals surface area contributed by atoms with Crippen molar-refractivity contribution < 1.29 is 9.53 Å². The standard InChI is InChI=1S/C24H29N3O2/c28-24(19-14-15-19)25-16-8-13-23-26-21-11-4-5-12-22(21)27(23)17-6-7-18-29-20-9-2-1-3-10-20/h1-5,9-12,19H,6-8,13-18H2,(H,25,28). The van der Waals surface area contributed by atoms with Crippen molar-refractivity contribution in [2.45, 2.75) is 45.1 Å². The number of aromatic nitrogens is 2. The van der Waals surface area contributed by atoms with E-state index in [4.69, 9.17) is 9.72 Å². The topological polar surface area (TPSA) is 56.2 Å². The Kier molecular flexibility index (Phi) is 6.45. The molecular weight excluding hydrogens is 362 g/mol. The van der Waals surface area contributed by atoms with Crippen LogP contribution in [0.15, 0.2) is 54.6 Å². The van der Waals surface area contributed by atoms with Crippen LogP contribution in [0.25, 0.3) is 11.0 Å². The van der Waals surface area contributed by atoms with E-state index in [1.165, 1.54) is 5.52 Å². The Morgan fingerprint density at radius 2 is 1.83 bits per heavy atom. The number of para-hydroxylation sites is 3. The highest BCUT2D eigenvalue weighted by atomic mass is 16.5. The zero-order valence-corrected chi connectivity index (χ0v) is 16.8. The van der Waals surface area contributed by atoms with Crippen molar-refractivity contribution in [2.24, 2.45) is 5.92 Å². The molecule has 3 aromatic rings. The van der Waals surface area contributed by atoms with Crippen molar-refractivity contribution in [3.8, 4) is 5.75 Å². The third-order valence-electron chi connectivity index (χ3n) is 5.35. The van der Waals surface area contributed by atoms with E-state index in [1.54, 1.807) is 0 Å². The van der Waals surface area contributed by atoms with Crippen molar-refractivity contribution in [3.05, 3.63) is 60.4 Å². The Morgan fingerprint density at radius 3 is 2.66 bits per heavy atom. The highest BCUT2D eigenvalue weighted by molar-refractivity contribution is 5.80. The predicted molar refractivity (Wildman–Crippen MR) is 115 cm³/mol. The minimum Gasteiger partial charge on any atom is -0.494 e. The molecular formula is C24H29N3O2. The average Bonchev–Trinajstić information content (AvgIpc) is 3.55. The molecule has 1 N–H and O–H groups in total. The Hall–Kier alpha value is -2.82. The van der Waals surface area contributed by atoms with E-state index >= 15 is 0 Å². The molecule has 0 saturated heterocycles. The summed E-state index contributed by atoms with van der Waals surface area (Å²) in [5, 5.41) is 3.05. The maximum Gasteiger partial charge on any atom is 0.223 e. The van der Waals surface area contributed by atoms with Crippen LogP contribution >= 0.6 is 0 Å². The van der Waals surface area contributed by atoms with Gasteiger partial charge in [-0.1, -0.05) is 30.3 Å². The largest absolute Gasteiger partial charge is 0.494 e. The van der Waals surface area contributed by atoms with Crippen molar-refractivity contribution >= 4 is 16.9 Å². The molecule has 4 rings (SSSR count). The first kappa shape index (κ1) is 19.5. The van der Waals surface area contributed by atoms with E-state index in [1.807, 2.05) is 36.4 Å². The third-order valence-corrected chi connectivity index (χ3v) is 5.35. The van der Waals surface area contributed by atoms with E-state index in [9.17, 15) is 4.79 Å². The van der Waals surface area contributed by atoms with Crippen LogP contribution in [0, 0.1) is 5.92 Å². The fraction of sp³-hybridized carbons (Fsp3) is 0.417. The number of hydrogen-bond donors (Lipinski definition) is 1. The van der Waals surface area contributed by atoms with Gasteiger partial charge >= 0.3 is 0 Å². The van der Waals surface area contributed by atoms with E-state index in [0.29, 0.717) is 0 Å². The van der Waals surface area contributed by atoms with Gasteiger partial charge in [-0.2, -0.15) is 0 Å². The number of aryl methyl sites for hydroxylation is 2. The number of hydrogen-bond acceptors (Lipinski definition) is 3. The number of imidazole rings is 1. The molecule has 0 atom stereocenters. The Labute approximate surface area is 172 Å². The number of rotatable bonds is 11. The SMILES string of the molecule is O=C(NCCCc1nc2ccccc2n1CCCCOc1ccccc1)C1CC1. The average molecular weight is 392 g/mol. The lowest BCUT2D eigenvalue weighted by molar-refractivity contribution is -0.122. The van der Waals surface area contributed by atoms with Gasteiger partial charge in [0.1, 0.15) is 11.6 Å².